The molecule has 0 atom stereocenters. The van der Waals surface area contributed by atoms with Gasteiger partial charge in [0.05, 0.1) is 43.9 Å². The number of aromatic nitrogens is 1. The van der Waals surface area contributed by atoms with Crippen molar-refractivity contribution in [2.75, 3.05) is 40.2 Å². The van der Waals surface area contributed by atoms with E-state index in [1.165, 1.54) is 21.3 Å². The predicted molar refractivity (Wildman–Crippen MR) is 129 cm³/mol. The maximum Gasteiger partial charge on any atom is 0.288 e. The molecule has 9 nitrogen and oxygen atoms in total. The number of fused-ring (bicyclic) bond motifs is 1. The summed E-state index contributed by atoms with van der Waals surface area (Å²) in [6, 6.07) is 12.6. The fourth-order valence-electron chi connectivity index (χ4n) is 3.71. The van der Waals surface area contributed by atoms with E-state index in [-0.39, 0.29) is 35.9 Å². The van der Waals surface area contributed by atoms with E-state index in [0.29, 0.717) is 45.0 Å². The number of benzene rings is 2. The molecule has 1 aromatic heterocycles. The number of pyridine rings is 1. The number of imide groups is 1. The lowest BCUT2D eigenvalue weighted by atomic mass is 10.0. The summed E-state index contributed by atoms with van der Waals surface area (Å²) in [6.07, 6.45) is 0. The molecule has 1 fully saturated rings. The molecule has 1 aliphatic rings. The van der Waals surface area contributed by atoms with Crippen LogP contribution >= 0.6 is 11.8 Å². The molecule has 1 N–H and O–H groups in total. The fourth-order valence-corrected chi connectivity index (χ4v) is 4.47. The molecule has 3 aromatic rings. The topological polar surface area (TPSA) is 107 Å². The van der Waals surface area contributed by atoms with Crippen molar-refractivity contribution in [2.45, 2.75) is 0 Å². The smallest absolute Gasteiger partial charge is 0.288 e. The second-order valence-corrected chi connectivity index (χ2v) is 8.27. The highest BCUT2D eigenvalue weighted by atomic mass is 32.2. The Kier molecular flexibility index (Phi) is 6.87. The standard InChI is InChI=1S/C24H23N3O6S/c1-31-19-10-14(11-20(32-2)22(19)33-3)18-12-16(15-6-4-5-7-17(15)26-18)23(29)25-8-9-27-21(28)13-34-24(27)30/h4-7,10-12H,8-9,13H2,1-3H3,(H,25,29). The third-order valence-electron chi connectivity index (χ3n) is 5.38. The number of nitrogens with zero attached hydrogens (tertiary/aromatic N) is 2. The van der Waals surface area contributed by atoms with Gasteiger partial charge in [-0.3, -0.25) is 19.3 Å². The SMILES string of the molecule is COc1cc(-c2cc(C(=O)NCCN3C(=O)CSC3=O)c3ccccc3n2)cc(OC)c1OC. The number of nitrogens with one attached hydrogen (secondary N) is 1. The van der Waals surface area contributed by atoms with Crippen molar-refractivity contribution in [3.8, 4) is 28.5 Å². The van der Waals surface area contributed by atoms with E-state index >= 15 is 0 Å². The van der Waals surface area contributed by atoms with Crippen LogP contribution in [0, 0.1) is 0 Å². The van der Waals surface area contributed by atoms with Crippen molar-refractivity contribution in [1.29, 1.82) is 0 Å². The molecule has 2 heterocycles. The van der Waals surface area contributed by atoms with E-state index in [4.69, 9.17) is 19.2 Å². The summed E-state index contributed by atoms with van der Waals surface area (Å²) in [5.74, 6) is 0.949. The van der Waals surface area contributed by atoms with Crippen molar-refractivity contribution in [3.05, 3.63) is 48.0 Å². The van der Waals surface area contributed by atoms with Gasteiger partial charge in [0.1, 0.15) is 0 Å². The van der Waals surface area contributed by atoms with Crippen LogP contribution in [0.3, 0.4) is 0 Å². The summed E-state index contributed by atoms with van der Waals surface area (Å²) < 4.78 is 16.3. The van der Waals surface area contributed by atoms with Crippen molar-refractivity contribution >= 4 is 39.7 Å². The number of carbonyl (C=O) groups excluding carboxylic acids is 3. The molecule has 4 rings (SSSR count). The van der Waals surface area contributed by atoms with E-state index in [2.05, 4.69) is 5.32 Å². The Morgan fingerprint density at radius 3 is 2.38 bits per heavy atom. The third-order valence-corrected chi connectivity index (χ3v) is 6.24. The fraction of sp³-hybridized carbons (Fsp3) is 0.250. The second kappa shape index (κ2) is 10.0. The Morgan fingerprint density at radius 1 is 1.06 bits per heavy atom. The van der Waals surface area contributed by atoms with Gasteiger partial charge in [-0.2, -0.15) is 0 Å². The van der Waals surface area contributed by atoms with E-state index in [0.717, 1.165) is 16.7 Å². The van der Waals surface area contributed by atoms with Crippen LogP contribution in [0.5, 0.6) is 17.2 Å². The molecular weight excluding hydrogens is 458 g/mol. The third kappa shape index (κ3) is 4.49. The predicted octanol–water partition coefficient (Wildman–Crippen LogP) is 3.35. The first kappa shape index (κ1) is 23.4. The minimum atomic E-state index is -0.334. The molecule has 176 valence electrons. The lowest BCUT2D eigenvalue weighted by Crippen LogP contribution is -2.37. The molecule has 10 heteroatoms. The van der Waals surface area contributed by atoms with Crippen LogP contribution in [0.4, 0.5) is 4.79 Å². The Morgan fingerprint density at radius 2 is 1.76 bits per heavy atom. The number of carbonyl (C=O) groups is 3. The summed E-state index contributed by atoms with van der Waals surface area (Å²) in [7, 11) is 4.59. The zero-order valence-corrected chi connectivity index (χ0v) is 19.7. The van der Waals surface area contributed by atoms with E-state index in [1.807, 2.05) is 24.3 Å². The zero-order valence-electron chi connectivity index (χ0n) is 18.9. The number of ether oxygens (including phenoxy) is 3. The minimum absolute atomic E-state index is 0.124. The van der Waals surface area contributed by atoms with Crippen LogP contribution < -0.4 is 19.5 Å². The summed E-state index contributed by atoms with van der Waals surface area (Å²) in [4.78, 5) is 42.6. The van der Waals surface area contributed by atoms with Gasteiger partial charge in [-0.05, 0) is 24.3 Å². The first-order valence-corrected chi connectivity index (χ1v) is 11.4. The van der Waals surface area contributed by atoms with Crippen LogP contribution in [-0.2, 0) is 4.79 Å². The number of amides is 3. The van der Waals surface area contributed by atoms with Crippen molar-refractivity contribution in [1.82, 2.24) is 15.2 Å². The number of rotatable bonds is 8. The first-order valence-electron chi connectivity index (χ1n) is 10.4. The van der Waals surface area contributed by atoms with Crippen LogP contribution in [0.1, 0.15) is 10.4 Å². The van der Waals surface area contributed by atoms with Crippen LogP contribution in [-0.4, -0.2) is 67.1 Å². The van der Waals surface area contributed by atoms with Crippen LogP contribution in [0.15, 0.2) is 42.5 Å². The lowest BCUT2D eigenvalue weighted by molar-refractivity contribution is -0.124. The van der Waals surface area contributed by atoms with Gasteiger partial charge >= 0.3 is 0 Å². The maximum atomic E-state index is 13.1. The number of para-hydroxylation sites is 1. The molecule has 0 saturated carbocycles. The van der Waals surface area contributed by atoms with Crippen molar-refractivity contribution in [3.63, 3.8) is 0 Å². The molecule has 3 amide bonds. The van der Waals surface area contributed by atoms with E-state index in [1.54, 1.807) is 18.2 Å². The van der Waals surface area contributed by atoms with Gasteiger partial charge in [0.2, 0.25) is 11.7 Å². The first-order chi connectivity index (χ1) is 16.5. The summed E-state index contributed by atoms with van der Waals surface area (Å²) in [6.45, 7) is 0.270. The quantitative estimate of drug-likeness (QED) is 0.522. The lowest BCUT2D eigenvalue weighted by Gasteiger charge is -2.16. The highest BCUT2D eigenvalue weighted by Crippen LogP contribution is 2.41. The average Bonchev–Trinajstić information content (AvgIpc) is 3.19. The molecular formula is C24H23N3O6S. The Bertz CT molecular complexity index is 1240. The minimum Gasteiger partial charge on any atom is -0.493 e. The van der Waals surface area contributed by atoms with Gasteiger partial charge in [0, 0.05) is 24.0 Å². The number of methoxy groups -OCH3 is 3. The van der Waals surface area contributed by atoms with Gasteiger partial charge in [-0.1, -0.05) is 30.0 Å². The Hall–Kier alpha value is -3.79. The summed E-state index contributed by atoms with van der Waals surface area (Å²) in [5.41, 5.74) is 2.28. The zero-order chi connectivity index (χ0) is 24.2. The molecule has 0 unspecified atom stereocenters. The second-order valence-electron chi connectivity index (χ2n) is 7.34. The molecule has 0 spiro atoms. The number of thioether (sulfide) groups is 1. The van der Waals surface area contributed by atoms with Crippen LogP contribution in [0.25, 0.3) is 22.2 Å². The van der Waals surface area contributed by atoms with Crippen molar-refractivity contribution in [2.24, 2.45) is 0 Å². The number of hydrogen-bond acceptors (Lipinski definition) is 8. The molecule has 0 aliphatic carbocycles. The monoisotopic (exact) mass is 481 g/mol. The highest BCUT2D eigenvalue weighted by molar-refractivity contribution is 8.14. The largest absolute Gasteiger partial charge is 0.493 e. The summed E-state index contributed by atoms with van der Waals surface area (Å²) >= 11 is 0.966. The van der Waals surface area contributed by atoms with E-state index in [9.17, 15) is 14.4 Å². The highest BCUT2D eigenvalue weighted by Gasteiger charge is 2.29. The maximum absolute atomic E-state index is 13.1. The van der Waals surface area contributed by atoms with Crippen LogP contribution in [0.2, 0.25) is 0 Å². The average molecular weight is 482 g/mol. The Labute approximate surface area is 200 Å². The van der Waals surface area contributed by atoms with Crippen molar-refractivity contribution < 1.29 is 28.6 Å². The van der Waals surface area contributed by atoms with Gasteiger partial charge in [0.25, 0.3) is 11.1 Å². The van der Waals surface area contributed by atoms with Gasteiger partial charge < -0.3 is 19.5 Å². The molecule has 1 aliphatic heterocycles. The molecule has 2 aromatic carbocycles. The molecule has 34 heavy (non-hydrogen) atoms. The van der Waals surface area contributed by atoms with Gasteiger partial charge in [0.15, 0.2) is 11.5 Å². The number of hydrogen-bond donors (Lipinski definition) is 1. The van der Waals surface area contributed by atoms with Gasteiger partial charge in [-0.25, -0.2) is 4.98 Å². The molecule has 0 bridgehead atoms. The molecule has 0 radical (unpaired) electrons. The molecule has 1 saturated heterocycles. The van der Waals surface area contributed by atoms with E-state index < -0.39 is 0 Å². The Balaban J connectivity index is 1.68. The summed E-state index contributed by atoms with van der Waals surface area (Å²) in [5, 5.41) is 3.20. The normalized spacial score (nSPS) is 13.3. The van der Waals surface area contributed by atoms with Gasteiger partial charge in [-0.15, -0.1) is 0 Å².